The summed E-state index contributed by atoms with van der Waals surface area (Å²) in [6.45, 7) is 14.0. The molecule has 1 unspecified atom stereocenters. The van der Waals surface area contributed by atoms with E-state index in [-0.39, 0.29) is 20.6 Å². The van der Waals surface area contributed by atoms with Crippen LogP contribution in [0.3, 0.4) is 0 Å². The van der Waals surface area contributed by atoms with Gasteiger partial charge in [0.05, 0.1) is 11.4 Å². The highest BCUT2D eigenvalue weighted by atomic mass is 79.9. The van der Waals surface area contributed by atoms with Crippen molar-refractivity contribution in [2.45, 2.75) is 74.4 Å². The Kier molecular flexibility index (Phi) is 10.7. The van der Waals surface area contributed by atoms with Crippen LogP contribution in [0.1, 0.15) is 41.5 Å². The van der Waals surface area contributed by atoms with Crippen molar-refractivity contribution in [3.05, 3.63) is 121 Å². The maximum absolute atomic E-state index is 16.8. The molecule has 0 amide bonds. The summed E-state index contributed by atoms with van der Waals surface area (Å²) in [5, 5.41) is 4.52. The third kappa shape index (κ3) is 6.59. The zero-order valence-electron chi connectivity index (χ0n) is 27.3. The molecule has 2 nitrogen and oxygen atoms in total. The lowest BCUT2D eigenvalue weighted by molar-refractivity contribution is 0.0873. The Hall–Kier alpha value is -2.01. The molecule has 7 heteroatoms. The van der Waals surface area contributed by atoms with E-state index in [1.54, 1.807) is 11.8 Å². The van der Waals surface area contributed by atoms with Crippen LogP contribution in [0.5, 0.6) is 0 Å². The molecule has 1 aliphatic heterocycles. The number of alkyl halides is 2. The summed E-state index contributed by atoms with van der Waals surface area (Å²) in [4.78, 5) is 0. The van der Waals surface area contributed by atoms with Crippen molar-refractivity contribution in [1.29, 1.82) is 0 Å². The molecular formula is C38H46BrFO2SSi2. The Labute approximate surface area is 284 Å². The monoisotopic (exact) mass is 720 g/mol. The maximum Gasteiger partial charge on any atom is 0.261 e. The molecule has 0 spiro atoms. The smallest absolute Gasteiger partial charge is 0.261 e. The first-order valence-electron chi connectivity index (χ1n) is 15.8. The largest absolute Gasteiger partial charge is 0.406 e. The topological polar surface area (TPSA) is 18.5 Å². The quantitative estimate of drug-likeness (QED) is 0.124. The average molecular weight is 722 g/mol. The molecule has 45 heavy (non-hydrogen) atoms. The Bertz CT molecular complexity index is 1420. The highest BCUT2D eigenvalue weighted by Crippen LogP contribution is 2.46. The Morgan fingerprint density at radius 3 is 1.29 bits per heavy atom. The minimum Gasteiger partial charge on any atom is -0.406 e. The average Bonchev–Trinajstić information content (AvgIpc) is 3.34. The summed E-state index contributed by atoms with van der Waals surface area (Å²) in [6.07, 6.45) is -1.76. The van der Waals surface area contributed by atoms with Crippen molar-refractivity contribution >= 4 is 65.1 Å². The third-order valence-electron chi connectivity index (χ3n) is 9.15. The molecule has 1 fully saturated rings. The zero-order valence-corrected chi connectivity index (χ0v) is 31.7. The molecule has 0 radical (unpaired) electrons. The first-order valence-corrected chi connectivity index (χ1v) is 21.7. The first-order chi connectivity index (χ1) is 21.5. The van der Waals surface area contributed by atoms with Gasteiger partial charge in [-0.15, -0.1) is 11.8 Å². The van der Waals surface area contributed by atoms with E-state index in [1.165, 1.54) is 10.4 Å². The van der Waals surface area contributed by atoms with Gasteiger partial charge in [0.2, 0.25) is 0 Å². The van der Waals surface area contributed by atoms with Gasteiger partial charge in [-0.05, 0) is 30.8 Å². The van der Waals surface area contributed by atoms with E-state index in [0.717, 1.165) is 10.4 Å². The van der Waals surface area contributed by atoms with Crippen LogP contribution in [0.2, 0.25) is 10.1 Å². The van der Waals surface area contributed by atoms with Gasteiger partial charge in [-0.2, -0.15) is 0 Å². The van der Waals surface area contributed by atoms with Crippen molar-refractivity contribution in [1.82, 2.24) is 0 Å². The van der Waals surface area contributed by atoms with E-state index in [9.17, 15) is 0 Å². The van der Waals surface area contributed by atoms with Gasteiger partial charge < -0.3 is 8.85 Å². The van der Waals surface area contributed by atoms with Gasteiger partial charge in [0.1, 0.15) is 6.17 Å². The molecule has 238 valence electrons. The molecule has 1 saturated heterocycles. The normalized spacial score (nSPS) is 21.2. The molecule has 4 atom stereocenters. The molecule has 0 saturated carbocycles. The predicted molar refractivity (Wildman–Crippen MR) is 200 cm³/mol. The van der Waals surface area contributed by atoms with Gasteiger partial charge in [-0.25, -0.2) is 4.39 Å². The Morgan fingerprint density at radius 2 is 0.956 bits per heavy atom. The highest BCUT2D eigenvalue weighted by molar-refractivity contribution is 9.09. The standard InChI is InChI=1S/C38H46BrFO2SSi2/c1-37(2,3)44(29-19-11-7-12-20-29,30-21-13-8-14-22-30)41-28-34-36(35(40)33(27-39)43-34)42-45(38(4,5)6,31-23-15-9-16-24-31)32-25-17-10-18-26-32/h7-26,33-36H,27-28H2,1-6H3/t33?,34-,35-,36-/m1/s1. The van der Waals surface area contributed by atoms with Crippen molar-refractivity contribution in [2.75, 3.05) is 11.9 Å². The van der Waals surface area contributed by atoms with E-state index < -0.39 is 28.9 Å². The zero-order chi connectivity index (χ0) is 32.3. The van der Waals surface area contributed by atoms with Crippen LogP contribution in [0, 0.1) is 0 Å². The summed E-state index contributed by atoms with van der Waals surface area (Å²) in [5.41, 5.74) is 0. The second kappa shape index (κ2) is 14.0. The van der Waals surface area contributed by atoms with Crippen LogP contribution < -0.4 is 20.7 Å². The fourth-order valence-electron chi connectivity index (χ4n) is 7.05. The lowest BCUT2D eigenvalue weighted by atomic mass is 10.1. The number of halogens is 2. The summed E-state index contributed by atoms with van der Waals surface area (Å²) in [7, 11) is -5.81. The molecule has 0 aromatic heterocycles. The van der Waals surface area contributed by atoms with Gasteiger partial charge >= 0.3 is 0 Å². The SMILES string of the molecule is CC(C)(C)[Si](OC[C@H]1SC(CBr)[C@@H](F)[C@@H]1O[Si](c1ccccc1)(c1ccccc1)C(C)(C)C)(c1ccccc1)c1ccccc1. The van der Waals surface area contributed by atoms with Crippen LogP contribution >= 0.6 is 27.7 Å². The number of hydrogen-bond acceptors (Lipinski definition) is 3. The molecule has 4 aromatic carbocycles. The summed E-state index contributed by atoms with van der Waals surface area (Å²) >= 11 is 5.32. The van der Waals surface area contributed by atoms with Gasteiger partial charge in [-0.1, -0.05) is 179 Å². The molecule has 4 aromatic rings. The first kappa shape index (κ1) is 34.3. The van der Waals surface area contributed by atoms with E-state index in [4.69, 9.17) is 8.85 Å². The van der Waals surface area contributed by atoms with Crippen LogP contribution in [-0.4, -0.2) is 51.3 Å². The number of benzene rings is 4. The van der Waals surface area contributed by atoms with Gasteiger partial charge in [-0.3, -0.25) is 0 Å². The Morgan fingerprint density at radius 1 is 0.600 bits per heavy atom. The van der Waals surface area contributed by atoms with Gasteiger partial charge in [0.15, 0.2) is 0 Å². The van der Waals surface area contributed by atoms with Crippen molar-refractivity contribution < 1.29 is 13.2 Å². The van der Waals surface area contributed by atoms with Gasteiger partial charge in [0, 0.05) is 17.2 Å². The van der Waals surface area contributed by atoms with Crippen molar-refractivity contribution in [3.8, 4) is 0 Å². The van der Waals surface area contributed by atoms with Crippen LogP contribution in [0.25, 0.3) is 0 Å². The fourth-order valence-corrected chi connectivity index (χ4v) is 18.7. The van der Waals surface area contributed by atoms with E-state index >= 15 is 4.39 Å². The summed E-state index contributed by atoms with van der Waals surface area (Å²) in [6, 6.07) is 42.5. The minimum absolute atomic E-state index is 0.169. The summed E-state index contributed by atoms with van der Waals surface area (Å²) in [5.74, 6) is 0. The lowest BCUT2D eigenvalue weighted by Crippen LogP contribution is -2.69. The van der Waals surface area contributed by atoms with Crippen LogP contribution in [0.4, 0.5) is 4.39 Å². The molecular weight excluding hydrogens is 676 g/mol. The number of rotatable bonds is 10. The fraction of sp³-hybridized carbons (Fsp3) is 0.368. The van der Waals surface area contributed by atoms with E-state index in [1.807, 2.05) is 12.1 Å². The minimum atomic E-state index is -2.99. The lowest BCUT2D eigenvalue weighted by Gasteiger charge is -2.46. The second-order valence-electron chi connectivity index (χ2n) is 14.0. The molecule has 5 rings (SSSR count). The molecule has 1 heterocycles. The molecule has 0 bridgehead atoms. The second-order valence-corrected chi connectivity index (χ2v) is 24.7. The Balaban J connectivity index is 1.60. The van der Waals surface area contributed by atoms with Crippen LogP contribution in [0.15, 0.2) is 121 Å². The summed E-state index contributed by atoms with van der Waals surface area (Å²) < 4.78 is 31.7. The van der Waals surface area contributed by atoms with E-state index in [0.29, 0.717) is 11.9 Å². The number of hydrogen-bond donors (Lipinski definition) is 0. The maximum atomic E-state index is 16.8. The third-order valence-corrected chi connectivity index (χ3v) is 21.8. The predicted octanol–water partition coefficient (Wildman–Crippen LogP) is 7.73. The van der Waals surface area contributed by atoms with Gasteiger partial charge in [0.25, 0.3) is 16.6 Å². The van der Waals surface area contributed by atoms with Crippen LogP contribution in [-0.2, 0) is 8.85 Å². The molecule has 1 aliphatic rings. The van der Waals surface area contributed by atoms with Crippen molar-refractivity contribution in [2.24, 2.45) is 0 Å². The van der Waals surface area contributed by atoms with Crippen molar-refractivity contribution in [3.63, 3.8) is 0 Å². The highest BCUT2D eigenvalue weighted by Gasteiger charge is 2.57. The molecule has 0 N–H and O–H groups in total. The van der Waals surface area contributed by atoms with E-state index in [2.05, 4.69) is 167 Å². The number of thioether (sulfide) groups is 1. The molecule has 0 aliphatic carbocycles.